The molecule has 1 saturated heterocycles. The molecule has 3 rings (SSSR count). The largest absolute Gasteiger partial charge is 0.495 e. The Morgan fingerprint density at radius 3 is 2.41 bits per heavy atom. The predicted octanol–water partition coefficient (Wildman–Crippen LogP) is 3.29. The van der Waals surface area contributed by atoms with E-state index in [1.165, 1.54) is 32.1 Å². The smallest absolute Gasteiger partial charge is 0.313 e. The van der Waals surface area contributed by atoms with Crippen LogP contribution < -0.4 is 20.3 Å². The summed E-state index contributed by atoms with van der Waals surface area (Å²) in [5, 5.41) is 5.29. The van der Waals surface area contributed by atoms with Gasteiger partial charge in [-0.05, 0) is 68.0 Å². The van der Waals surface area contributed by atoms with Crippen LogP contribution in [0.4, 0.5) is 11.4 Å². The lowest BCUT2D eigenvalue weighted by atomic mass is 10.1. The van der Waals surface area contributed by atoms with Crippen LogP contribution in [0.5, 0.6) is 5.75 Å². The highest BCUT2D eigenvalue weighted by Crippen LogP contribution is 2.25. The number of carbonyl (C=O) groups is 2. The summed E-state index contributed by atoms with van der Waals surface area (Å²) >= 11 is 0. The van der Waals surface area contributed by atoms with E-state index in [1.807, 2.05) is 13.0 Å². The Balaban J connectivity index is 1.47. The van der Waals surface area contributed by atoms with Gasteiger partial charge in [-0.1, -0.05) is 18.2 Å². The van der Waals surface area contributed by atoms with Gasteiger partial charge in [0.15, 0.2) is 0 Å². The van der Waals surface area contributed by atoms with Crippen molar-refractivity contribution < 1.29 is 14.3 Å². The zero-order valence-electron chi connectivity index (χ0n) is 17.2. The number of nitrogens with one attached hydrogen (secondary N) is 2. The van der Waals surface area contributed by atoms with Gasteiger partial charge < -0.3 is 20.3 Å². The molecule has 2 aromatic rings. The molecule has 0 atom stereocenters. The van der Waals surface area contributed by atoms with Crippen molar-refractivity contribution in [2.75, 3.05) is 37.0 Å². The van der Waals surface area contributed by atoms with Crippen LogP contribution >= 0.6 is 0 Å². The third-order valence-electron chi connectivity index (χ3n) is 5.17. The first kappa shape index (κ1) is 20.7. The maximum atomic E-state index is 12.2. The van der Waals surface area contributed by atoms with Crippen molar-refractivity contribution in [1.82, 2.24) is 5.32 Å². The molecule has 2 amide bonds. The van der Waals surface area contributed by atoms with Gasteiger partial charge in [-0.15, -0.1) is 0 Å². The van der Waals surface area contributed by atoms with Crippen LogP contribution in [-0.2, 0) is 16.0 Å². The highest BCUT2D eigenvalue weighted by molar-refractivity contribution is 6.39. The van der Waals surface area contributed by atoms with Gasteiger partial charge >= 0.3 is 11.8 Å². The molecule has 1 fully saturated rings. The summed E-state index contributed by atoms with van der Waals surface area (Å²) in [5.74, 6) is -0.835. The number of benzene rings is 2. The Morgan fingerprint density at radius 2 is 1.72 bits per heavy atom. The van der Waals surface area contributed by atoms with E-state index in [0.717, 1.165) is 24.2 Å². The summed E-state index contributed by atoms with van der Waals surface area (Å²) in [7, 11) is 1.52. The molecule has 154 valence electrons. The predicted molar refractivity (Wildman–Crippen MR) is 116 cm³/mol. The van der Waals surface area contributed by atoms with Crippen LogP contribution in [0, 0.1) is 6.92 Å². The van der Waals surface area contributed by atoms with E-state index >= 15 is 0 Å². The number of methoxy groups -OCH3 is 1. The average molecular weight is 396 g/mol. The molecule has 2 aromatic carbocycles. The summed E-state index contributed by atoms with van der Waals surface area (Å²) in [6.07, 6.45) is 4.50. The summed E-state index contributed by atoms with van der Waals surface area (Å²) in [4.78, 5) is 26.7. The number of anilines is 2. The molecule has 29 heavy (non-hydrogen) atoms. The summed E-state index contributed by atoms with van der Waals surface area (Å²) in [6, 6.07) is 13.9. The standard InChI is InChI=1S/C23H29N3O3/c1-17-6-11-21(29-2)20(16-17)25-23(28)22(27)24-13-12-18-7-9-19(10-8-18)26-14-4-3-5-15-26/h6-11,16H,3-5,12-15H2,1-2H3,(H,24,27)(H,25,28). The Labute approximate surface area is 172 Å². The molecule has 0 spiro atoms. The molecule has 2 N–H and O–H groups in total. The van der Waals surface area contributed by atoms with Gasteiger partial charge in [0.1, 0.15) is 5.75 Å². The maximum Gasteiger partial charge on any atom is 0.313 e. The minimum atomic E-state index is -0.700. The van der Waals surface area contributed by atoms with Crippen molar-refractivity contribution in [3.05, 3.63) is 53.6 Å². The van der Waals surface area contributed by atoms with Gasteiger partial charge in [0.05, 0.1) is 12.8 Å². The number of nitrogens with zero attached hydrogens (tertiary/aromatic N) is 1. The Hall–Kier alpha value is -3.02. The summed E-state index contributed by atoms with van der Waals surface area (Å²) in [5.41, 5.74) is 3.84. The second kappa shape index (κ2) is 9.96. The van der Waals surface area contributed by atoms with Gasteiger partial charge in [-0.3, -0.25) is 9.59 Å². The summed E-state index contributed by atoms with van der Waals surface area (Å²) < 4.78 is 5.22. The van der Waals surface area contributed by atoms with Gasteiger partial charge in [-0.25, -0.2) is 0 Å². The molecule has 1 aliphatic heterocycles. The number of aryl methyl sites for hydroxylation is 1. The molecular weight excluding hydrogens is 366 g/mol. The molecular formula is C23H29N3O3. The zero-order chi connectivity index (χ0) is 20.6. The van der Waals surface area contributed by atoms with E-state index in [2.05, 4.69) is 39.8 Å². The lowest BCUT2D eigenvalue weighted by molar-refractivity contribution is -0.136. The average Bonchev–Trinajstić information content (AvgIpc) is 2.75. The van der Waals surface area contributed by atoms with E-state index in [0.29, 0.717) is 24.4 Å². The maximum absolute atomic E-state index is 12.2. The third-order valence-corrected chi connectivity index (χ3v) is 5.17. The zero-order valence-corrected chi connectivity index (χ0v) is 17.2. The molecule has 6 heteroatoms. The Kier molecular flexibility index (Phi) is 7.11. The van der Waals surface area contributed by atoms with Gasteiger partial charge in [-0.2, -0.15) is 0 Å². The second-order valence-corrected chi connectivity index (χ2v) is 7.38. The van der Waals surface area contributed by atoms with Crippen LogP contribution in [0.3, 0.4) is 0 Å². The van der Waals surface area contributed by atoms with Crippen molar-refractivity contribution in [1.29, 1.82) is 0 Å². The fourth-order valence-corrected chi connectivity index (χ4v) is 3.52. The highest BCUT2D eigenvalue weighted by atomic mass is 16.5. The molecule has 1 aliphatic rings. The Bertz CT molecular complexity index is 843. The SMILES string of the molecule is COc1ccc(C)cc1NC(=O)C(=O)NCCc1ccc(N2CCCCC2)cc1. The van der Waals surface area contributed by atoms with Crippen molar-refractivity contribution in [3.63, 3.8) is 0 Å². The number of ether oxygens (including phenoxy) is 1. The molecule has 0 bridgehead atoms. The summed E-state index contributed by atoms with van der Waals surface area (Å²) in [6.45, 7) is 4.55. The minimum Gasteiger partial charge on any atom is -0.495 e. The lowest BCUT2D eigenvalue weighted by Gasteiger charge is -2.28. The minimum absolute atomic E-state index is 0.403. The molecule has 0 aliphatic carbocycles. The van der Waals surface area contributed by atoms with Gasteiger partial charge in [0.2, 0.25) is 0 Å². The fraction of sp³-hybridized carbons (Fsp3) is 0.391. The quantitative estimate of drug-likeness (QED) is 0.737. The number of piperidine rings is 1. The van der Waals surface area contributed by atoms with E-state index in [4.69, 9.17) is 4.74 Å². The normalized spacial score (nSPS) is 13.7. The van der Waals surface area contributed by atoms with Crippen LogP contribution in [0.2, 0.25) is 0 Å². The molecule has 1 heterocycles. The Morgan fingerprint density at radius 1 is 1.00 bits per heavy atom. The van der Waals surface area contributed by atoms with Gasteiger partial charge in [0, 0.05) is 25.3 Å². The molecule has 0 saturated carbocycles. The molecule has 0 radical (unpaired) electrons. The van der Waals surface area contributed by atoms with Crippen molar-refractivity contribution in [2.45, 2.75) is 32.6 Å². The number of amides is 2. The van der Waals surface area contributed by atoms with E-state index in [1.54, 1.807) is 12.1 Å². The van der Waals surface area contributed by atoms with Crippen molar-refractivity contribution in [2.24, 2.45) is 0 Å². The first-order valence-corrected chi connectivity index (χ1v) is 10.1. The van der Waals surface area contributed by atoms with Crippen LogP contribution in [0.15, 0.2) is 42.5 Å². The second-order valence-electron chi connectivity index (χ2n) is 7.38. The number of rotatable bonds is 6. The first-order chi connectivity index (χ1) is 14.1. The van der Waals surface area contributed by atoms with Crippen molar-refractivity contribution >= 4 is 23.2 Å². The number of hydrogen-bond acceptors (Lipinski definition) is 4. The van der Waals surface area contributed by atoms with Crippen molar-refractivity contribution in [3.8, 4) is 5.75 Å². The van der Waals surface area contributed by atoms with E-state index < -0.39 is 11.8 Å². The lowest BCUT2D eigenvalue weighted by Crippen LogP contribution is -2.36. The molecule has 0 unspecified atom stereocenters. The van der Waals surface area contributed by atoms with Crippen LogP contribution in [0.25, 0.3) is 0 Å². The van der Waals surface area contributed by atoms with E-state index in [-0.39, 0.29) is 0 Å². The first-order valence-electron chi connectivity index (χ1n) is 10.1. The van der Waals surface area contributed by atoms with Gasteiger partial charge in [0.25, 0.3) is 0 Å². The molecule has 0 aromatic heterocycles. The molecule has 6 nitrogen and oxygen atoms in total. The fourth-order valence-electron chi connectivity index (χ4n) is 3.52. The van der Waals surface area contributed by atoms with E-state index in [9.17, 15) is 9.59 Å². The van der Waals surface area contributed by atoms with Crippen LogP contribution in [0.1, 0.15) is 30.4 Å². The number of hydrogen-bond donors (Lipinski definition) is 2. The highest BCUT2D eigenvalue weighted by Gasteiger charge is 2.16. The number of carbonyl (C=O) groups excluding carboxylic acids is 2. The third kappa shape index (κ3) is 5.73. The topological polar surface area (TPSA) is 70.7 Å². The monoisotopic (exact) mass is 395 g/mol. The van der Waals surface area contributed by atoms with Crippen LogP contribution in [-0.4, -0.2) is 38.6 Å².